The monoisotopic (exact) mass is 256 g/mol. The smallest absolute Gasteiger partial charge is 0.325 e. The minimum atomic E-state index is -0.362. The number of ether oxygens (including phenoxy) is 1. The number of nitrogens with two attached hydrogens (primary N) is 1. The summed E-state index contributed by atoms with van der Waals surface area (Å²) >= 11 is 0. The van der Waals surface area contributed by atoms with Gasteiger partial charge in [0.15, 0.2) is 0 Å². The maximum absolute atomic E-state index is 12.4. The van der Waals surface area contributed by atoms with Crippen LogP contribution in [0.5, 0.6) is 0 Å². The summed E-state index contributed by atoms with van der Waals surface area (Å²) in [7, 11) is 1.34. The summed E-state index contributed by atoms with van der Waals surface area (Å²) in [5.41, 5.74) is 5.70. The molecule has 2 unspecified atom stereocenters. The maximum atomic E-state index is 12.4. The average molecular weight is 256 g/mol. The van der Waals surface area contributed by atoms with Crippen molar-refractivity contribution in [1.29, 1.82) is 0 Å². The van der Waals surface area contributed by atoms with E-state index in [0.29, 0.717) is 13.1 Å². The van der Waals surface area contributed by atoms with Crippen LogP contribution in [0.1, 0.15) is 32.6 Å². The van der Waals surface area contributed by atoms with E-state index in [1.165, 1.54) is 7.11 Å². The number of rotatable bonds is 6. The van der Waals surface area contributed by atoms with Gasteiger partial charge in [-0.05, 0) is 31.7 Å². The third-order valence-electron chi connectivity index (χ3n) is 3.63. The predicted octanol–water partition coefficient (Wildman–Crippen LogP) is 0.773. The molecule has 5 nitrogen and oxygen atoms in total. The van der Waals surface area contributed by atoms with E-state index in [1.54, 1.807) is 4.90 Å². The van der Waals surface area contributed by atoms with Crippen molar-refractivity contribution in [3.05, 3.63) is 0 Å². The molecule has 0 aromatic rings. The Morgan fingerprint density at radius 3 is 2.67 bits per heavy atom. The van der Waals surface area contributed by atoms with E-state index in [2.05, 4.69) is 4.74 Å². The second kappa shape index (κ2) is 7.36. The highest BCUT2D eigenvalue weighted by atomic mass is 16.5. The van der Waals surface area contributed by atoms with Crippen LogP contribution in [0, 0.1) is 11.8 Å². The fraction of sp³-hybridized carbons (Fsp3) is 0.846. The molecule has 1 saturated carbocycles. The molecule has 0 radical (unpaired) electrons. The summed E-state index contributed by atoms with van der Waals surface area (Å²) in [6, 6.07) is 0. The standard InChI is InChI=1S/C13H24N2O3/c1-3-7-15(9-12(16)18-2)13(17)11-6-4-5-10(11)8-14/h10-11H,3-9,14H2,1-2H3. The molecule has 2 atom stereocenters. The second-order valence-corrected chi connectivity index (χ2v) is 4.87. The van der Waals surface area contributed by atoms with Gasteiger partial charge < -0.3 is 15.4 Å². The van der Waals surface area contributed by atoms with Gasteiger partial charge in [0.2, 0.25) is 5.91 Å². The number of methoxy groups -OCH3 is 1. The van der Waals surface area contributed by atoms with Crippen molar-refractivity contribution in [3.8, 4) is 0 Å². The van der Waals surface area contributed by atoms with Crippen LogP contribution in [0.3, 0.4) is 0 Å². The predicted molar refractivity (Wildman–Crippen MR) is 68.8 cm³/mol. The van der Waals surface area contributed by atoms with Crippen LogP contribution in [0.25, 0.3) is 0 Å². The molecule has 1 aliphatic rings. The zero-order valence-corrected chi connectivity index (χ0v) is 11.4. The van der Waals surface area contributed by atoms with Crippen molar-refractivity contribution in [2.24, 2.45) is 17.6 Å². The van der Waals surface area contributed by atoms with Crippen LogP contribution >= 0.6 is 0 Å². The lowest BCUT2D eigenvalue weighted by Gasteiger charge is -2.26. The first kappa shape index (κ1) is 15.0. The molecule has 2 N–H and O–H groups in total. The first-order valence-corrected chi connectivity index (χ1v) is 6.69. The molecule has 18 heavy (non-hydrogen) atoms. The van der Waals surface area contributed by atoms with Crippen LogP contribution in [0.4, 0.5) is 0 Å². The van der Waals surface area contributed by atoms with Gasteiger partial charge in [0.05, 0.1) is 7.11 Å². The summed E-state index contributed by atoms with van der Waals surface area (Å²) in [5, 5.41) is 0. The zero-order chi connectivity index (χ0) is 13.5. The van der Waals surface area contributed by atoms with Gasteiger partial charge in [-0.1, -0.05) is 13.3 Å². The minimum Gasteiger partial charge on any atom is -0.468 e. The first-order valence-electron chi connectivity index (χ1n) is 6.69. The van der Waals surface area contributed by atoms with E-state index in [1.807, 2.05) is 6.92 Å². The van der Waals surface area contributed by atoms with Crippen LogP contribution in [0.15, 0.2) is 0 Å². The Morgan fingerprint density at radius 1 is 1.39 bits per heavy atom. The molecule has 5 heteroatoms. The number of carbonyl (C=O) groups excluding carboxylic acids is 2. The summed E-state index contributed by atoms with van der Waals surface area (Å²) in [5.74, 6) is -0.0324. The molecule has 0 aromatic carbocycles. The van der Waals surface area contributed by atoms with Crippen molar-refractivity contribution in [1.82, 2.24) is 4.90 Å². The molecular weight excluding hydrogens is 232 g/mol. The Morgan fingerprint density at radius 2 is 2.11 bits per heavy atom. The van der Waals surface area contributed by atoms with Gasteiger partial charge in [0.25, 0.3) is 0 Å². The lowest BCUT2D eigenvalue weighted by atomic mass is 9.94. The van der Waals surface area contributed by atoms with Crippen LogP contribution in [-0.4, -0.2) is 43.5 Å². The molecule has 104 valence electrons. The third-order valence-corrected chi connectivity index (χ3v) is 3.63. The molecular formula is C13H24N2O3. The third kappa shape index (κ3) is 3.70. The maximum Gasteiger partial charge on any atom is 0.325 e. The molecule has 0 saturated heterocycles. The zero-order valence-electron chi connectivity index (χ0n) is 11.4. The highest BCUT2D eigenvalue weighted by Crippen LogP contribution is 2.32. The molecule has 1 aliphatic carbocycles. The second-order valence-electron chi connectivity index (χ2n) is 4.87. The lowest BCUT2D eigenvalue weighted by Crippen LogP contribution is -2.42. The number of hydrogen-bond donors (Lipinski definition) is 1. The van der Waals surface area contributed by atoms with Crippen molar-refractivity contribution < 1.29 is 14.3 Å². The normalized spacial score (nSPS) is 22.8. The van der Waals surface area contributed by atoms with E-state index >= 15 is 0 Å². The lowest BCUT2D eigenvalue weighted by molar-refractivity contribution is -0.149. The van der Waals surface area contributed by atoms with E-state index in [4.69, 9.17) is 5.73 Å². The van der Waals surface area contributed by atoms with Crippen molar-refractivity contribution in [3.63, 3.8) is 0 Å². The van der Waals surface area contributed by atoms with E-state index in [0.717, 1.165) is 25.7 Å². The van der Waals surface area contributed by atoms with E-state index in [-0.39, 0.29) is 30.3 Å². The molecule has 0 heterocycles. The Bertz CT molecular complexity index is 294. The topological polar surface area (TPSA) is 72.6 Å². The fourth-order valence-electron chi connectivity index (χ4n) is 2.64. The van der Waals surface area contributed by atoms with Crippen LogP contribution < -0.4 is 5.73 Å². The number of amides is 1. The van der Waals surface area contributed by atoms with Gasteiger partial charge in [-0.2, -0.15) is 0 Å². The number of esters is 1. The summed E-state index contributed by atoms with van der Waals surface area (Å²) in [6.07, 6.45) is 3.80. The van der Waals surface area contributed by atoms with E-state index < -0.39 is 0 Å². The van der Waals surface area contributed by atoms with Gasteiger partial charge in [0.1, 0.15) is 6.54 Å². The number of carbonyl (C=O) groups is 2. The van der Waals surface area contributed by atoms with Crippen molar-refractivity contribution in [2.75, 3.05) is 26.7 Å². The summed E-state index contributed by atoms with van der Waals surface area (Å²) < 4.78 is 4.64. The molecule has 0 bridgehead atoms. The Kier molecular flexibility index (Phi) is 6.12. The molecule has 0 spiro atoms. The Hall–Kier alpha value is -1.10. The van der Waals surface area contributed by atoms with Gasteiger partial charge in [-0.3, -0.25) is 9.59 Å². The Balaban J connectivity index is 2.66. The molecule has 0 aliphatic heterocycles. The largest absolute Gasteiger partial charge is 0.468 e. The molecule has 1 rings (SSSR count). The minimum absolute atomic E-state index is 0.00814. The highest BCUT2D eigenvalue weighted by molar-refractivity contribution is 5.84. The van der Waals surface area contributed by atoms with E-state index in [9.17, 15) is 9.59 Å². The Labute approximate surface area is 109 Å². The fourth-order valence-corrected chi connectivity index (χ4v) is 2.64. The van der Waals surface area contributed by atoms with Gasteiger partial charge >= 0.3 is 5.97 Å². The van der Waals surface area contributed by atoms with Crippen LogP contribution in [-0.2, 0) is 14.3 Å². The molecule has 0 aromatic heterocycles. The summed E-state index contributed by atoms with van der Waals surface area (Å²) in [6.45, 7) is 3.19. The van der Waals surface area contributed by atoms with Crippen LogP contribution in [0.2, 0.25) is 0 Å². The van der Waals surface area contributed by atoms with Gasteiger partial charge in [-0.15, -0.1) is 0 Å². The number of hydrogen-bond acceptors (Lipinski definition) is 4. The first-order chi connectivity index (χ1) is 8.63. The molecule has 1 amide bonds. The quantitative estimate of drug-likeness (QED) is 0.713. The number of nitrogens with zero attached hydrogens (tertiary/aromatic N) is 1. The SMILES string of the molecule is CCCN(CC(=O)OC)C(=O)C1CCCC1CN. The molecule has 1 fully saturated rings. The van der Waals surface area contributed by atoms with Crippen molar-refractivity contribution in [2.45, 2.75) is 32.6 Å². The van der Waals surface area contributed by atoms with Gasteiger partial charge in [0, 0.05) is 12.5 Å². The average Bonchev–Trinajstić information content (AvgIpc) is 2.85. The highest BCUT2D eigenvalue weighted by Gasteiger charge is 2.35. The summed E-state index contributed by atoms with van der Waals surface area (Å²) in [4.78, 5) is 25.4. The van der Waals surface area contributed by atoms with Gasteiger partial charge in [-0.25, -0.2) is 0 Å². The van der Waals surface area contributed by atoms with Crippen molar-refractivity contribution >= 4 is 11.9 Å².